The van der Waals surface area contributed by atoms with E-state index in [1.807, 2.05) is 6.08 Å². The molecule has 0 saturated carbocycles. The van der Waals surface area contributed by atoms with Crippen LogP contribution in [0, 0.1) is 6.92 Å². The lowest BCUT2D eigenvalue weighted by molar-refractivity contribution is 0.599. The van der Waals surface area contributed by atoms with Crippen LogP contribution in [0.1, 0.15) is 64.2 Å². The Balaban J connectivity index is 2.97. The van der Waals surface area contributed by atoms with E-state index in [1.165, 1.54) is 44.9 Å². The quantitative estimate of drug-likeness (QED) is 0.311. The minimum atomic E-state index is 1.10. The molecule has 0 N–H and O–H groups in total. The summed E-state index contributed by atoms with van der Waals surface area (Å²) in [5.41, 5.74) is 0. The smallest absolute Gasteiger partial charge is 0.0316 e. The van der Waals surface area contributed by atoms with E-state index >= 15 is 0 Å². The highest BCUT2D eigenvalue weighted by atomic mass is 13.9. The summed E-state index contributed by atoms with van der Waals surface area (Å²) in [5.74, 6) is 0. The standard InChI is InChI=1S/C15H27/c1-3-5-7-9-11-13-15-14-12-10-8-6-4-2/h3,9,11H,1-2,4-8,10,12-15H2. The number of unbranched alkanes of at least 4 members (excludes halogenated alkanes) is 8. The molecular formula is C15H27. The average Bonchev–Trinajstić information content (AvgIpc) is 2.26. The van der Waals surface area contributed by atoms with E-state index in [4.69, 9.17) is 0 Å². The van der Waals surface area contributed by atoms with Crippen LogP contribution in [0.2, 0.25) is 0 Å². The van der Waals surface area contributed by atoms with Crippen molar-refractivity contribution in [3.05, 3.63) is 31.7 Å². The fourth-order valence-corrected chi connectivity index (χ4v) is 1.60. The molecule has 0 unspecified atom stereocenters. The third kappa shape index (κ3) is 13.5. The molecule has 0 spiro atoms. The molecule has 0 atom stereocenters. The fourth-order valence-electron chi connectivity index (χ4n) is 1.60. The Morgan fingerprint density at radius 2 is 1.27 bits per heavy atom. The van der Waals surface area contributed by atoms with Gasteiger partial charge in [0.15, 0.2) is 0 Å². The van der Waals surface area contributed by atoms with Gasteiger partial charge < -0.3 is 0 Å². The number of hydrogen-bond acceptors (Lipinski definition) is 0. The average molecular weight is 207 g/mol. The van der Waals surface area contributed by atoms with Gasteiger partial charge in [-0.15, -0.1) is 6.58 Å². The zero-order chi connectivity index (χ0) is 11.2. The van der Waals surface area contributed by atoms with Gasteiger partial charge in [0.05, 0.1) is 0 Å². The lowest BCUT2D eigenvalue weighted by Crippen LogP contribution is -1.78. The summed E-state index contributed by atoms with van der Waals surface area (Å²) in [7, 11) is 0. The molecule has 0 bridgehead atoms. The van der Waals surface area contributed by atoms with Crippen molar-refractivity contribution in [2.45, 2.75) is 64.2 Å². The second kappa shape index (κ2) is 13.5. The van der Waals surface area contributed by atoms with Gasteiger partial charge in [0.25, 0.3) is 0 Å². The van der Waals surface area contributed by atoms with Crippen LogP contribution in [-0.2, 0) is 0 Å². The van der Waals surface area contributed by atoms with Crippen molar-refractivity contribution >= 4 is 0 Å². The third-order valence-electron chi connectivity index (χ3n) is 2.57. The number of hydrogen-bond donors (Lipinski definition) is 0. The molecule has 15 heavy (non-hydrogen) atoms. The molecule has 0 saturated heterocycles. The SMILES string of the molecule is [CH2]CCCCCCCCC=CCCC=C. The largest absolute Gasteiger partial charge is 0.103 e. The molecule has 0 aromatic rings. The minimum absolute atomic E-state index is 1.10. The summed E-state index contributed by atoms with van der Waals surface area (Å²) < 4.78 is 0. The van der Waals surface area contributed by atoms with E-state index in [0.717, 1.165) is 19.3 Å². The fraction of sp³-hybridized carbons (Fsp3) is 0.667. The molecule has 0 aliphatic heterocycles. The maximum Gasteiger partial charge on any atom is -0.0316 e. The van der Waals surface area contributed by atoms with Crippen LogP contribution in [0.15, 0.2) is 24.8 Å². The van der Waals surface area contributed by atoms with Gasteiger partial charge in [-0.1, -0.05) is 63.7 Å². The van der Waals surface area contributed by atoms with Gasteiger partial charge in [-0.05, 0) is 25.7 Å². The van der Waals surface area contributed by atoms with E-state index in [9.17, 15) is 0 Å². The highest BCUT2D eigenvalue weighted by Crippen LogP contribution is 2.08. The van der Waals surface area contributed by atoms with Gasteiger partial charge in [-0.3, -0.25) is 0 Å². The number of rotatable bonds is 11. The Bertz CT molecular complexity index is 144. The zero-order valence-corrected chi connectivity index (χ0v) is 10.2. The zero-order valence-electron chi connectivity index (χ0n) is 10.2. The Kier molecular flexibility index (Phi) is 13.0. The van der Waals surface area contributed by atoms with Crippen molar-refractivity contribution < 1.29 is 0 Å². The summed E-state index contributed by atoms with van der Waals surface area (Å²) in [6, 6.07) is 0. The maximum atomic E-state index is 3.85. The Hall–Kier alpha value is -0.520. The molecule has 0 aromatic carbocycles. The van der Waals surface area contributed by atoms with Crippen LogP contribution in [0.25, 0.3) is 0 Å². The molecule has 0 rings (SSSR count). The van der Waals surface area contributed by atoms with Crippen molar-refractivity contribution in [1.29, 1.82) is 0 Å². The maximum absolute atomic E-state index is 3.85. The summed E-state index contributed by atoms with van der Waals surface area (Å²) in [5, 5.41) is 0. The van der Waals surface area contributed by atoms with Crippen LogP contribution >= 0.6 is 0 Å². The molecule has 0 amide bonds. The van der Waals surface area contributed by atoms with Crippen molar-refractivity contribution in [2.24, 2.45) is 0 Å². The third-order valence-corrected chi connectivity index (χ3v) is 2.57. The second-order valence-electron chi connectivity index (χ2n) is 4.10. The molecule has 1 radical (unpaired) electrons. The van der Waals surface area contributed by atoms with Crippen molar-refractivity contribution in [1.82, 2.24) is 0 Å². The van der Waals surface area contributed by atoms with E-state index in [2.05, 4.69) is 25.7 Å². The molecule has 0 nitrogen and oxygen atoms in total. The van der Waals surface area contributed by atoms with Gasteiger partial charge in [-0.2, -0.15) is 0 Å². The second-order valence-corrected chi connectivity index (χ2v) is 4.10. The predicted octanol–water partition coefficient (Wildman–Crippen LogP) is 5.46. The summed E-state index contributed by atoms with van der Waals surface area (Å²) in [6.07, 6.45) is 19.4. The molecule has 0 heterocycles. The molecule has 0 heteroatoms. The van der Waals surface area contributed by atoms with Crippen molar-refractivity contribution in [2.75, 3.05) is 0 Å². The Morgan fingerprint density at radius 3 is 1.93 bits per heavy atom. The summed E-state index contributed by atoms with van der Waals surface area (Å²) in [4.78, 5) is 0. The molecule has 0 aliphatic carbocycles. The van der Waals surface area contributed by atoms with Gasteiger partial charge >= 0.3 is 0 Å². The van der Waals surface area contributed by atoms with E-state index in [1.54, 1.807) is 0 Å². The Morgan fingerprint density at radius 1 is 0.667 bits per heavy atom. The lowest BCUT2D eigenvalue weighted by Gasteiger charge is -1.98. The first-order valence-electron chi connectivity index (χ1n) is 6.47. The van der Waals surface area contributed by atoms with Gasteiger partial charge in [0.2, 0.25) is 0 Å². The molecule has 0 aliphatic rings. The number of allylic oxidation sites excluding steroid dienone is 3. The van der Waals surface area contributed by atoms with Crippen molar-refractivity contribution in [3.8, 4) is 0 Å². The van der Waals surface area contributed by atoms with Crippen molar-refractivity contribution in [3.63, 3.8) is 0 Å². The van der Waals surface area contributed by atoms with Gasteiger partial charge in [-0.25, -0.2) is 0 Å². The minimum Gasteiger partial charge on any atom is -0.103 e. The van der Waals surface area contributed by atoms with E-state index in [-0.39, 0.29) is 0 Å². The molecule has 0 fully saturated rings. The van der Waals surface area contributed by atoms with Crippen LogP contribution in [0.4, 0.5) is 0 Å². The Labute approximate surface area is 96.5 Å². The highest BCUT2D eigenvalue weighted by Gasteiger charge is 1.88. The first-order valence-corrected chi connectivity index (χ1v) is 6.47. The molecule has 0 aromatic heterocycles. The van der Waals surface area contributed by atoms with E-state index in [0.29, 0.717) is 0 Å². The molecule has 87 valence electrons. The van der Waals surface area contributed by atoms with Gasteiger partial charge in [0.1, 0.15) is 0 Å². The van der Waals surface area contributed by atoms with Crippen LogP contribution < -0.4 is 0 Å². The lowest BCUT2D eigenvalue weighted by atomic mass is 10.1. The monoisotopic (exact) mass is 207 g/mol. The first kappa shape index (κ1) is 14.5. The van der Waals surface area contributed by atoms with Crippen LogP contribution in [-0.4, -0.2) is 0 Å². The summed E-state index contributed by atoms with van der Waals surface area (Å²) >= 11 is 0. The highest BCUT2D eigenvalue weighted by molar-refractivity contribution is 4.84. The van der Waals surface area contributed by atoms with Crippen LogP contribution in [0.3, 0.4) is 0 Å². The van der Waals surface area contributed by atoms with Gasteiger partial charge in [0, 0.05) is 0 Å². The summed E-state index contributed by atoms with van der Waals surface area (Å²) in [6.45, 7) is 7.56. The van der Waals surface area contributed by atoms with E-state index < -0.39 is 0 Å². The molecular weight excluding hydrogens is 180 g/mol. The first-order chi connectivity index (χ1) is 7.41. The predicted molar refractivity (Wildman–Crippen MR) is 70.9 cm³/mol. The topological polar surface area (TPSA) is 0 Å². The normalized spacial score (nSPS) is 11.0. The van der Waals surface area contributed by atoms with Crippen LogP contribution in [0.5, 0.6) is 0 Å².